The van der Waals surface area contributed by atoms with Gasteiger partial charge in [-0.25, -0.2) is 4.68 Å². The molecule has 7 heteroatoms. The Labute approximate surface area is 102 Å². The third-order valence-corrected chi connectivity index (χ3v) is 3.71. The van der Waals surface area contributed by atoms with Crippen LogP contribution in [0.25, 0.3) is 0 Å². The molecule has 1 saturated carbocycles. The number of carboxylic acids is 1. The van der Waals surface area contributed by atoms with E-state index in [1.54, 1.807) is 0 Å². The third kappa shape index (κ3) is 1.59. The molecule has 0 saturated heterocycles. The quantitative estimate of drug-likeness (QED) is 0.726. The van der Waals surface area contributed by atoms with Gasteiger partial charge in [-0.05, 0) is 18.3 Å². The van der Waals surface area contributed by atoms with Crippen LogP contribution in [0.15, 0.2) is 24.8 Å². The number of hydrogen-bond donors (Lipinski definition) is 2. The molecule has 1 amide bonds. The molecule has 2 bridgehead atoms. The summed E-state index contributed by atoms with van der Waals surface area (Å²) in [6.07, 6.45) is 7.32. The molecule has 1 heterocycles. The van der Waals surface area contributed by atoms with E-state index in [4.69, 9.17) is 0 Å². The van der Waals surface area contributed by atoms with Gasteiger partial charge in [0.1, 0.15) is 12.7 Å². The van der Waals surface area contributed by atoms with E-state index in [-0.39, 0.29) is 17.7 Å². The molecule has 0 aliphatic heterocycles. The van der Waals surface area contributed by atoms with Crippen LogP contribution in [-0.4, -0.2) is 31.9 Å². The number of hydrogen-bond acceptors (Lipinski definition) is 4. The second-order valence-electron chi connectivity index (χ2n) is 4.68. The molecule has 1 aromatic heterocycles. The summed E-state index contributed by atoms with van der Waals surface area (Å²) in [4.78, 5) is 23.4. The molecule has 0 aromatic carbocycles. The predicted octanol–water partition coefficient (Wildman–Crippen LogP) is -0.129. The van der Waals surface area contributed by atoms with Gasteiger partial charge in [-0.3, -0.25) is 15.0 Å². The van der Waals surface area contributed by atoms with E-state index in [2.05, 4.69) is 15.6 Å². The Morgan fingerprint density at radius 3 is 2.39 bits per heavy atom. The molecule has 2 aliphatic carbocycles. The van der Waals surface area contributed by atoms with Crippen LogP contribution in [-0.2, 0) is 9.59 Å². The lowest BCUT2D eigenvalue weighted by molar-refractivity contribution is -0.147. The van der Waals surface area contributed by atoms with Crippen molar-refractivity contribution in [2.24, 2.45) is 23.7 Å². The molecule has 0 radical (unpaired) electrons. The Morgan fingerprint density at radius 1 is 1.17 bits per heavy atom. The van der Waals surface area contributed by atoms with Gasteiger partial charge in [0.25, 0.3) is 0 Å². The lowest BCUT2D eigenvalue weighted by Crippen LogP contribution is -2.38. The molecule has 18 heavy (non-hydrogen) atoms. The molecule has 2 aliphatic rings. The van der Waals surface area contributed by atoms with Crippen LogP contribution >= 0.6 is 0 Å². The van der Waals surface area contributed by atoms with Crippen LogP contribution < -0.4 is 5.43 Å². The number of carbonyl (C=O) groups is 2. The molecule has 94 valence electrons. The minimum absolute atomic E-state index is 0.0209. The molecular weight excluding hydrogens is 236 g/mol. The van der Waals surface area contributed by atoms with E-state index < -0.39 is 17.8 Å². The number of rotatable bonds is 3. The van der Waals surface area contributed by atoms with Gasteiger partial charge in [0.2, 0.25) is 5.91 Å². The molecule has 1 aromatic rings. The van der Waals surface area contributed by atoms with Crippen molar-refractivity contribution in [3.8, 4) is 0 Å². The summed E-state index contributed by atoms with van der Waals surface area (Å²) in [5.74, 6) is -2.34. The van der Waals surface area contributed by atoms with E-state index in [1.165, 1.54) is 17.3 Å². The molecule has 7 nitrogen and oxygen atoms in total. The number of carbonyl (C=O) groups excluding carboxylic acids is 1. The average Bonchev–Trinajstić information content (AvgIpc) is 3.03. The van der Waals surface area contributed by atoms with Crippen molar-refractivity contribution < 1.29 is 14.7 Å². The highest BCUT2D eigenvalue weighted by Crippen LogP contribution is 2.48. The molecule has 4 atom stereocenters. The Balaban J connectivity index is 1.80. The number of nitrogens with one attached hydrogen (secondary N) is 1. The molecule has 0 spiro atoms. The predicted molar refractivity (Wildman–Crippen MR) is 59.7 cm³/mol. The zero-order valence-corrected chi connectivity index (χ0v) is 9.43. The number of carboxylic acid groups (broad SMARTS) is 1. The van der Waals surface area contributed by atoms with Gasteiger partial charge in [0.05, 0.1) is 11.8 Å². The first-order chi connectivity index (χ1) is 8.66. The maximum Gasteiger partial charge on any atom is 0.307 e. The van der Waals surface area contributed by atoms with Gasteiger partial charge in [0.15, 0.2) is 0 Å². The van der Waals surface area contributed by atoms with E-state index in [0.717, 1.165) is 6.42 Å². The smallest absolute Gasteiger partial charge is 0.307 e. The Hall–Kier alpha value is -2.18. The van der Waals surface area contributed by atoms with Crippen LogP contribution in [0.1, 0.15) is 6.42 Å². The summed E-state index contributed by atoms with van der Waals surface area (Å²) in [5.41, 5.74) is 2.59. The standard InChI is InChI=1S/C11H12N4O3/c16-10(14-15-4-12-13-5-15)8-6-1-2-7(3-6)9(8)11(17)18/h1-2,4-9H,3H2,(H,14,16)(H,17,18). The van der Waals surface area contributed by atoms with Crippen LogP contribution in [0.2, 0.25) is 0 Å². The number of aliphatic carboxylic acids is 1. The molecule has 4 unspecified atom stereocenters. The average molecular weight is 248 g/mol. The minimum atomic E-state index is -0.907. The summed E-state index contributed by atoms with van der Waals surface area (Å²) in [7, 11) is 0. The van der Waals surface area contributed by atoms with Gasteiger partial charge >= 0.3 is 5.97 Å². The van der Waals surface area contributed by atoms with E-state index in [0.29, 0.717) is 0 Å². The lowest BCUT2D eigenvalue weighted by atomic mass is 9.82. The van der Waals surface area contributed by atoms with Gasteiger partial charge in [-0.2, -0.15) is 0 Å². The summed E-state index contributed by atoms with van der Waals surface area (Å²) in [5, 5.41) is 16.4. The number of nitrogens with zero attached hydrogens (tertiary/aromatic N) is 3. The van der Waals surface area contributed by atoms with Crippen LogP contribution in [0.5, 0.6) is 0 Å². The summed E-state index contributed by atoms with van der Waals surface area (Å²) < 4.78 is 1.33. The minimum Gasteiger partial charge on any atom is -0.481 e. The lowest BCUT2D eigenvalue weighted by Gasteiger charge is -2.23. The van der Waals surface area contributed by atoms with Gasteiger partial charge < -0.3 is 5.11 Å². The molecule has 1 fully saturated rings. The highest BCUT2D eigenvalue weighted by molar-refractivity contribution is 5.91. The Kier molecular flexibility index (Phi) is 2.39. The highest BCUT2D eigenvalue weighted by atomic mass is 16.4. The molecule has 3 rings (SSSR count). The van der Waals surface area contributed by atoms with Crippen LogP contribution in [0.4, 0.5) is 0 Å². The van der Waals surface area contributed by atoms with Crippen LogP contribution in [0.3, 0.4) is 0 Å². The number of allylic oxidation sites excluding steroid dienone is 2. The Morgan fingerprint density at radius 2 is 1.78 bits per heavy atom. The second kappa shape index (κ2) is 3.94. The van der Waals surface area contributed by atoms with Crippen molar-refractivity contribution in [1.82, 2.24) is 14.9 Å². The number of amides is 1. The first kappa shape index (κ1) is 10.9. The van der Waals surface area contributed by atoms with Crippen molar-refractivity contribution in [2.45, 2.75) is 6.42 Å². The normalized spacial score (nSPS) is 32.7. The highest BCUT2D eigenvalue weighted by Gasteiger charge is 2.51. The van der Waals surface area contributed by atoms with Crippen molar-refractivity contribution in [3.63, 3.8) is 0 Å². The largest absolute Gasteiger partial charge is 0.481 e. The van der Waals surface area contributed by atoms with Crippen molar-refractivity contribution in [2.75, 3.05) is 5.43 Å². The molecular formula is C11H12N4O3. The van der Waals surface area contributed by atoms with Gasteiger partial charge in [-0.1, -0.05) is 12.2 Å². The first-order valence-corrected chi connectivity index (χ1v) is 5.73. The zero-order chi connectivity index (χ0) is 12.7. The van der Waals surface area contributed by atoms with Crippen molar-refractivity contribution >= 4 is 11.9 Å². The van der Waals surface area contributed by atoms with E-state index >= 15 is 0 Å². The number of aromatic nitrogens is 3. The van der Waals surface area contributed by atoms with E-state index in [1.807, 2.05) is 12.2 Å². The molecule has 2 N–H and O–H groups in total. The topological polar surface area (TPSA) is 97.1 Å². The van der Waals surface area contributed by atoms with Gasteiger partial charge in [-0.15, -0.1) is 10.2 Å². The maximum atomic E-state index is 12.1. The second-order valence-corrected chi connectivity index (χ2v) is 4.68. The fourth-order valence-corrected chi connectivity index (χ4v) is 2.98. The third-order valence-electron chi connectivity index (χ3n) is 3.71. The van der Waals surface area contributed by atoms with Gasteiger partial charge in [0, 0.05) is 0 Å². The van der Waals surface area contributed by atoms with Crippen LogP contribution in [0, 0.1) is 23.7 Å². The maximum absolute atomic E-state index is 12.1. The van der Waals surface area contributed by atoms with E-state index in [9.17, 15) is 14.7 Å². The summed E-state index contributed by atoms with van der Waals surface area (Å²) in [6, 6.07) is 0. The zero-order valence-electron chi connectivity index (χ0n) is 9.43. The Bertz CT molecular complexity index is 510. The van der Waals surface area contributed by atoms with Crippen molar-refractivity contribution in [3.05, 3.63) is 24.8 Å². The summed E-state index contributed by atoms with van der Waals surface area (Å²) in [6.45, 7) is 0. The fraction of sp³-hybridized carbons (Fsp3) is 0.455. The SMILES string of the molecule is O=C(O)C1C2C=CC(C2)C1C(=O)Nn1cnnc1. The monoisotopic (exact) mass is 248 g/mol. The number of fused-ring (bicyclic) bond motifs is 2. The van der Waals surface area contributed by atoms with Crippen molar-refractivity contribution in [1.29, 1.82) is 0 Å². The summed E-state index contributed by atoms with van der Waals surface area (Å²) >= 11 is 0. The first-order valence-electron chi connectivity index (χ1n) is 5.73. The fourth-order valence-electron chi connectivity index (χ4n) is 2.98.